The van der Waals surface area contributed by atoms with Gasteiger partial charge in [-0.3, -0.25) is 9.88 Å². The van der Waals surface area contributed by atoms with E-state index >= 15 is 0 Å². The summed E-state index contributed by atoms with van der Waals surface area (Å²) in [5.74, 6) is 0. The van der Waals surface area contributed by atoms with E-state index in [4.69, 9.17) is 4.98 Å². The molecule has 0 atom stereocenters. The van der Waals surface area contributed by atoms with Gasteiger partial charge in [-0.15, -0.1) is 0 Å². The summed E-state index contributed by atoms with van der Waals surface area (Å²) in [7, 11) is 0. The molecule has 3 heteroatoms. The van der Waals surface area contributed by atoms with Gasteiger partial charge in [-0.05, 0) is 24.1 Å². The van der Waals surface area contributed by atoms with Crippen LogP contribution in [0.2, 0.25) is 0 Å². The second kappa shape index (κ2) is 7.86. The topological polar surface area (TPSA) is 36.4 Å². The van der Waals surface area contributed by atoms with E-state index in [-0.39, 0.29) is 6.61 Å². The van der Waals surface area contributed by atoms with Crippen molar-refractivity contribution in [1.82, 2.24) is 9.88 Å². The Balaban J connectivity index is 1.67. The van der Waals surface area contributed by atoms with Crippen molar-refractivity contribution in [3.8, 4) is 0 Å². The summed E-state index contributed by atoms with van der Waals surface area (Å²) in [5, 5.41) is 10.5. The van der Waals surface area contributed by atoms with Crippen LogP contribution in [0.3, 0.4) is 0 Å². The minimum Gasteiger partial charge on any atom is -0.395 e. The molecular weight excluding hydrogens is 284 g/mol. The number of benzene rings is 2. The summed E-state index contributed by atoms with van der Waals surface area (Å²) in [5.41, 5.74) is 3.39. The fourth-order valence-corrected chi connectivity index (χ4v) is 2.77. The summed E-state index contributed by atoms with van der Waals surface area (Å²) in [6, 6.07) is 22.8. The van der Waals surface area contributed by atoms with Gasteiger partial charge in [0, 0.05) is 25.0 Å². The number of aromatic nitrogens is 1. The first-order valence-corrected chi connectivity index (χ1v) is 8.07. The summed E-state index contributed by atoms with van der Waals surface area (Å²) in [6.45, 7) is 2.51. The van der Waals surface area contributed by atoms with Gasteiger partial charge in [0.05, 0.1) is 17.8 Å². The van der Waals surface area contributed by atoms with Crippen LogP contribution in [-0.2, 0) is 13.0 Å². The highest BCUT2D eigenvalue weighted by molar-refractivity contribution is 5.78. The van der Waals surface area contributed by atoms with Gasteiger partial charge in [-0.25, -0.2) is 0 Å². The summed E-state index contributed by atoms with van der Waals surface area (Å²) < 4.78 is 0. The first kappa shape index (κ1) is 15.7. The van der Waals surface area contributed by atoms with E-state index in [9.17, 15) is 5.11 Å². The molecule has 3 nitrogen and oxygen atoms in total. The Morgan fingerprint density at radius 2 is 1.61 bits per heavy atom. The van der Waals surface area contributed by atoms with E-state index in [0.29, 0.717) is 6.54 Å². The molecule has 0 spiro atoms. The number of aliphatic hydroxyl groups is 1. The lowest BCUT2D eigenvalue weighted by molar-refractivity contribution is 0.190. The fraction of sp³-hybridized carbons (Fsp3) is 0.250. The highest BCUT2D eigenvalue weighted by Crippen LogP contribution is 2.13. The number of rotatable bonds is 7. The zero-order valence-corrected chi connectivity index (χ0v) is 13.2. The van der Waals surface area contributed by atoms with Gasteiger partial charge >= 0.3 is 0 Å². The van der Waals surface area contributed by atoms with Crippen LogP contribution in [0.1, 0.15) is 11.3 Å². The van der Waals surface area contributed by atoms with Crippen LogP contribution in [-0.4, -0.2) is 34.7 Å². The van der Waals surface area contributed by atoms with Gasteiger partial charge in [0.15, 0.2) is 0 Å². The third-order valence-corrected chi connectivity index (χ3v) is 4.02. The molecule has 1 heterocycles. The third kappa shape index (κ3) is 4.38. The number of fused-ring (bicyclic) bond motifs is 1. The maximum Gasteiger partial charge on any atom is 0.0705 e. The Kier molecular flexibility index (Phi) is 5.35. The molecule has 0 saturated heterocycles. The number of para-hydroxylation sites is 1. The first-order chi connectivity index (χ1) is 11.3. The van der Waals surface area contributed by atoms with Crippen molar-refractivity contribution >= 4 is 10.9 Å². The van der Waals surface area contributed by atoms with Crippen LogP contribution in [0.5, 0.6) is 0 Å². The van der Waals surface area contributed by atoms with Gasteiger partial charge in [-0.2, -0.15) is 0 Å². The lowest BCUT2D eigenvalue weighted by Crippen LogP contribution is -2.29. The zero-order valence-electron chi connectivity index (χ0n) is 13.2. The van der Waals surface area contributed by atoms with Gasteiger partial charge in [-0.1, -0.05) is 54.6 Å². The van der Waals surface area contributed by atoms with Crippen molar-refractivity contribution in [2.24, 2.45) is 0 Å². The molecule has 3 rings (SSSR count). The molecule has 0 aliphatic heterocycles. The zero-order chi connectivity index (χ0) is 15.9. The molecule has 1 N–H and O–H groups in total. The van der Waals surface area contributed by atoms with E-state index < -0.39 is 0 Å². The number of nitrogens with zero attached hydrogens (tertiary/aromatic N) is 2. The second-order valence-electron chi connectivity index (χ2n) is 5.73. The molecule has 0 aliphatic rings. The molecule has 0 amide bonds. The Morgan fingerprint density at radius 1 is 0.826 bits per heavy atom. The fourth-order valence-electron chi connectivity index (χ4n) is 2.77. The van der Waals surface area contributed by atoms with Gasteiger partial charge in [0.2, 0.25) is 0 Å². The average Bonchev–Trinajstić information content (AvgIpc) is 2.61. The van der Waals surface area contributed by atoms with Crippen LogP contribution >= 0.6 is 0 Å². The van der Waals surface area contributed by atoms with E-state index in [1.807, 2.05) is 24.3 Å². The summed E-state index contributed by atoms with van der Waals surface area (Å²) in [6.07, 6.45) is 0.981. The minimum atomic E-state index is 0.169. The summed E-state index contributed by atoms with van der Waals surface area (Å²) in [4.78, 5) is 6.98. The van der Waals surface area contributed by atoms with Crippen molar-refractivity contribution in [3.63, 3.8) is 0 Å². The Morgan fingerprint density at radius 3 is 2.43 bits per heavy atom. The van der Waals surface area contributed by atoms with E-state index in [1.54, 1.807) is 0 Å². The maximum atomic E-state index is 9.32. The predicted molar refractivity (Wildman–Crippen MR) is 94.3 cm³/mol. The Bertz CT molecular complexity index is 743. The van der Waals surface area contributed by atoms with Gasteiger partial charge in [0.25, 0.3) is 0 Å². The molecule has 23 heavy (non-hydrogen) atoms. The molecular formula is C20H22N2O. The molecule has 0 bridgehead atoms. The Labute approximate surface area is 137 Å². The highest BCUT2D eigenvalue weighted by atomic mass is 16.3. The lowest BCUT2D eigenvalue weighted by Gasteiger charge is -2.21. The third-order valence-electron chi connectivity index (χ3n) is 4.02. The lowest BCUT2D eigenvalue weighted by atomic mass is 10.1. The number of hydrogen-bond acceptors (Lipinski definition) is 3. The molecule has 0 fully saturated rings. The van der Waals surface area contributed by atoms with Crippen LogP contribution in [0, 0.1) is 0 Å². The maximum absolute atomic E-state index is 9.32. The minimum absolute atomic E-state index is 0.169. The number of pyridine rings is 1. The average molecular weight is 306 g/mol. The highest BCUT2D eigenvalue weighted by Gasteiger charge is 2.07. The van der Waals surface area contributed by atoms with E-state index in [2.05, 4.69) is 47.4 Å². The molecule has 118 valence electrons. The molecule has 0 unspecified atom stereocenters. The van der Waals surface area contributed by atoms with Crippen molar-refractivity contribution in [1.29, 1.82) is 0 Å². The summed E-state index contributed by atoms with van der Waals surface area (Å²) >= 11 is 0. The smallest absolute Gasteiger partial charge is 0.0705 e. The SMILES string of the molecule is OCCN(CCc1ccccc1)Cc1ccc2ccccc2n1. The van der Waals surface area contributed by atoms with Crippen molar-refractivity contribution in [3.05, 3.63) is 78.0 Å². The van der Waals surface area contributed by atoms with E-state index in [0.717, 1.165) is 36.1 Å². The largest absolute Gasteiger partial charge is 0.395 e. The quantitative estimate of drug-likeness (QED) is 0.728. The normalized spacial score (nSPS) is 11.2. The molecule has 0 radical (unpaired) electrons. The molecule has 0 saturated carbocycles. The van der Waals surface area contributed by atoms with Crippen LogP contribution < -0.4 is 0 Å². The van der Waals surface area contributed by atoms with Crippen LogP contribution in [0.25, 0.3) is 10.9 Å². The van der Waals surface area contributed by atoms with Gasteiger partial charge < -0.3 is 5.11 Å². The molecule has 1 aromatic heterocycles. The molecule has 0 aliphatic carbocycles. The monoisotopic (exact) mass is 306 g/mol. The Hall–Kier alpha value is -2.23. The van der Waals surface area contributed by atoms with Gasteiger partial charge in [0.1, 0.15) is 0 Å². The first-order valence-electron chi connectivity index (χ1n) is 8.07. The van der Waals surface area contributed by atoms with E-state index in [1.165, 1.54) is 5.56 Å². The predicted octanol–water partition coefficient (Wildman–Crippen LogP) is 3.27. The number of hydrogen-bond donors (Lipinski definition) is 1. The standard InChI is InChI=1S/C20H22N2O/c23-15-14-22(13-12-17-6-2-1-3-7-17)16-19-11-10-18-8-4-5-9-20(18)21-19/h1-11,23H,12-16H2. The van der Waals surface area contributed by atoms with Crippen LogP contribution in [0.15, 0.2) is 66.7 Å². The van der Waals surface area contributed by atoms with Crippen molar-refractivity contribution < 1.29 is 5.11 Å². The molecule has 3 aromatic rings. The molecule has 2 aromatic carbocycles. The van der Waals surface area contributed by atoms with Crippen molar-refractivity contribution in [2.75, 3.05) is 19.7 Å². The van der Waals surface area contributed by atoms with Crippen molar-refractivity contribution in [2.45, 2.75) is 13.0 Å². The van der Waals surface area contributed by atoms with Crippen LogP contribution in [0.4, 0.5) is 0 Å². The second-order valence-corrected chi connectivity index (χ2v) is 5.73. The number of aliphatic hydroxyl groups excluding tert-OH is 1.